The summed E-state index contributed by atoms with van der Waals surface area (Å²) in [6.07, 6.45) is 3.45. The largest absolute Gasteiger partial charge is 0.337 e. The summed E-state index contributed by atoms with van der Waals surface area (Å²) in [5.41, 5.74) is 0.891. The number of rotatable bonds is 2. The summed E-state index contributed by atoms with van der Waals surface area (Å²) in [5, 5.41) is 8.10. The van der Waals surface area contributed by atoms with Crippen molar-refractivity contribution in [2.75, 3.05) is 6.54 Å². The molecule has 6 heteroatoms. The van der Waals surface area contributed by atoms with Crippen LogP contribution in [-0.4, -0.2) is 16.7 Å². The molecule has 0 amide bonds. The average molecular weight is 343 g/mol. The van der Waals surface area contributed by atoms with E-state index in [2.05, 4.69) is 31.4 Å². The van der Waals surface area contributed by atoms with Crippen molar-refractivity contribution in [3.8, 4) is 11.4 Å². The maximum absolute atomic E-state index is 5.97. The van der Waals surface area contributed by atoms with Crippen LogP contribution in [0.1, 0.15) is 31.2 Å². The molecule has 0 saturated carbocycles. The van der Waals surface area contributed by atoms with Gasteiger partial charge in [0.25, 0.3) is 0 Å². The second-order valence-corrected chi connectivity index (χ2v) is 5.85. The third kappa shape index (κ3) is 2.83. The van der Waals surface area contributed by atoms with Crippen LogP contribution >= 0.6 is 27.5 Å². The molecule has 2 heterocycles. The van der Waals surface area contributed by atoms with Gasteiger partial charge in [0.05, 0.1) is 11.1 Å². The van der Waals surface area contributed by atoms with E-state index < -0.39 is 0 Å². The van der Waals surface area contributed by atoms with Crippen molar-refractivity contribution in [1.82, 2.24) is 15.5 Å². The lowest BCUT2D eigenvalue weighted by atomic mass is 10.1. The first-order valence-electron chi connectivity index (χ1n) is 6.26. The Bertz CT molecular complexity index is 581. The third-order valence-electron chi connectivity index (χ3n) is 3.23. The van der Waals surface area contributed by atoms with Gasteiger partial charge in [-0.2, -0.15) is 4.98 Å². The molecule has 0 unspecified atom stereocenters. The molecule has 2 aromatic rings. The molecule has 0 radical (unpaired) electrons. The zero-order valence-electron chi connectivity index (χ0n) is 10.2. The predicted molar refractivity (Wildman–Crippen MR) is 77.0 cm³/mol. The van der Waals surface area contributed by atoms with E-state index >= 15 is 0 Å². The molecule has 19 heavy (non-hydrogen) atoms. The average Bonchev–Trinajstić information content (AvgIpc) is 2.93. The number of benzene rings is 1. The zero-order valence-corrected chi connectivity index (χ0v) is 12.5. The number of nitrogens with one attached hydrogen (secondary N) is 1. The van der Waals surface area contributed by atoms with Crippen molar-refractivity contribution in [3.63, 3.8) is 0 Å². The van der Waals surface area contributed by atoms with Crippen LogP contribution in [0.2, 0.25) is 5.02 Å². The lowest BCUT2D eigenvalue weighted by Crippen LogP contribution is -2.26. The maximum Gasteiger partial charge on any atom is 0.244 e. The highest BCUT2D eigenvalue weighted by molar-refractivity contribution is 9.10. The molecule has 1 aromatic heterocycles. The molecule has 3 rings (SSSR count). The Morgan fingerprint density at radius 1 is 1.37 bits per heavy atom. The van der Waals surface area contributed by atoms with Gasteiger partial charge >= 0.3 is 0 Å². The molecule has 0 bridgehead atoms. The molecule has 100 valence electrons. The number of nitrogens with zero attached hydrogens (tertiary/aromatic N) is 2. The normalized spacial score (nSPS) is 19.6. The monoisotopic (exact) mass is 341 g/mol. The fourth-order valence-electron chi connectivity index (χ4n) is 2.19. The molecule has 4 nitrogen and oxygen atoms in total. The van der Waals surface area contributed by atoms with Gasteiger partial charge in [0, 0.05) is 10.0 Å². The Labute approximate surface area is 124 Å². The van der Waals surface area contributed by atoms with E-state index in [1.165, 1.54) is 12.8 Å². The van der Waals surface area contributed by atoms with Crippen LogP contribution in [-0.2, 0) is 0 Å². The van der Waals surface area contributed by atoms with Crippen molar-refractivity contribution in [3.05, 3.63) is 33.6 Å². The van der Waals surface area contributed by atoms with Gasteiger partial charge in [-0.25, -0.2) is 0 Å². The summed E-state index contributed by atoms with van der Waals surface area (Å²) in [4.78, 5) is 4.47. The van der Waals surface area contributed by atoms with E-state index in [4.69, 9.17) is 16.1 Å². The third-order valence-corrected chi connectivity index (χ3v) is 4.44. The van der Waals surface area contributed by atoms with E-state index in [0.717, 1.165) is 23.0 Å². The minimum absolute atomic E-state index is 0.186. The maximum atomic E-state index is 5.97. The summed E-state index contributed by atoms with van der Waals surface area (Å²) in [6, 6.07) is 5.78. The van der Waals surface area contributed by atoms with E-state index in [1.54, 1.807) is 0 Å². The molecule has 0 aliphatic carbocycles. The summed E-state index contributed by atoms with van der Waals surface area (Å²) in [7, 11) is 0. The molecule has 1 atom stereocenters. The van der Waals surface area contributed by atoms with Gasteiger partial charge in [-0.15, -0.1) is 0 Å². The molecule has 1 N–H and O–H groups in total. The van der Waals surface area contributed by atoms with Crippen LogP contribution in [0.3, 0.4) is 0 Å². The Kier molecular flexibility index (Phi) is 3.86. The Morgan fingerprint density at radius 2 is 2.26 bits per heavy atom. The molecular formula is C13H13BrClN3O. The standard InChI is InChI=1S/C13H13BrClN3O/c14-9-7-8(4-5-10(9)15)12-17-13(19-18-12)11-3-1-2-6-16-11/h4-5,7,11,16H,1-3,6H2/t11-/m0/s1. The van der Waals surface area contributed by atoms with Crippen LogP contribution in [0, 0.1) is 0 Å². The van der Waals surface area contributed by atoms with Crippen LogP contribution in [0.5, 0.6) is 0 Å². The first-order valence-corrected chi connectivity index (χ1v) is 7.43. The fraction of sp³-hybridized carbons (Fsp3) is 0.385. The van der Waals surface area contributed by atoms with E-state index in [9.17, 15) is 0 Å². The molecule has 1 saturated heterocycles. The van der Waals surface area contributed by atoms with Crippen molar-refractivity contribution in [1.29, 1.82) is 0 Å². The number of hydrogen-bond donors (Lipinski definition) is 1. The highest BCUT2D eigenvalue weighted by atomic mass is 79.9. The van der Waals surface area contributed by atoms with E-state index in [-0.39, 0.29) is 6.04 Å². The quantitative estimate of drug-likeness (QED) is 0.897. The molecular weight excluding hydrogens is 330 g/mol. The van der Waals surface area contributed by atoms with Gasteiger partial charge in [0.1, 0.15) is 0 Å². The summed E-state index contributed by atoms with van der Waals surface area (Å²) < 4.78 is 6.18. The first kappa shape index (κ1) is 13.1. The minimum atomic E-state index is 0.186. The topological polar surface area (TPSA) is 51.0 Å². The van der Waals surface area contributed by atoms with Crippen molar-refractivity contribution in [2.45, 2.75) is 25.3 Å². The van der Waals surface area contributed by atoms with Crippen LogP contribution in [0.4, 0.5) is 0 Å². The van der Waals surface area contributed by atoms with Gasteiger partial charge in [0.2, 0.25) is 11.7 Å². The zero-order chi connectivity index (χ0) is 13.2. The summed E-state index contributed by atoms with van der Waals surface area (Å²) in [6.45, 7) is 1.01. The highest BCUT2D eigenvalue weighted by Gasteiger charge is 2.21. The van der Waals surface area contributed by atoms with Gasteiger partial charge in [-0.05, 0) is 53.5 Å². The molecule has 0 spiro atoms. The lowest BCUT2D eigenvalue weighted by Gasteiger charge is -2.19. The van der Waals surface area contributed by atoms with Gasteiger partial charge < -0.3 is 9.84 Å². The molecule has 1 aliphatic heterocycles. The fourth-order valence-corrected chi connectivity index (χ4v) is 2.69. The lowest BCUT2D eigenvalue weighted by molar-refractivity contribution is 0.297. The Morgan fingerprint density at radius 3 is 3.00 bits per heavy atom. The number of halogens is 2. The van der Waals surface area contributed by atoms with Crippen LogP contribution in [0.25, 0.3) is 11.4 Å². The number of hydrogen-bond acceptors (Lipinski definition) is 4. The predicted octanol–water partition coefficient (Wildman–Crippen LogP) is 3.97. The number of aromatic nitrogens is 2. The van der Waals surface area contributed by atoms with Crippen molar-refractivity contribution < 1.29 is 4.52 Å². The second kappa shape index (κ2) is 5.61. The second-order valence-electron chi connectivity index (χ2n) is 4.59. The van der Waals surface area contributed by atoms with Crippen molar-refractivity contribution in [2.24, 2.45) is 0 Å². The number of piperidine rings is 1. The van der Waals surface area contributed by atoms with Gasteiger partial charge in [-0.1, -0.05) is 23.2 Å². The van der Waals surface area contributed by atoms with E-state index in [0.29, 0.717) is 16.7 Å². The van der Waals surface area contributed by atoms with Crippen molar-refractivity contribution >= 4 is 27.5 Å². The Hall–Kier alpha value is -0.910. The smallest absolute Gasteiger partial charge is 0.244 e. The van der Waals surface area contributed by atoms with Gasteiger partial charge in [-0.3, -0.25) is 0 Å². The molecule has 1 fully saturated rings. The first-order chi connectivity index (χ1) is 9.24. The SMILES string of the molecule is Clc1ccc(-c2noc([C@@H]3CCCCN3)n2)cc1Br. The van der Waals surface area contributed by atoms with Crippen LogP contribution in [0.15, 0.2) is 27.2 Å². The minimum Gasteiger partial charge on any atom is -0.337 e. The molecule has 1 aliphatic rings. The summed E-state index contributed by atoms with van der Waals surface area (Å²) >= 11 is 9.37. The Balaban J connectivity index is 1.85. The highest BCUT2D eigenvalue weighted by Crippen LogP contribution is 2.29. The van der Waals surface area contributed by atoms with E-state index in [1.807, 2.05) is 18.2 Å². The molecule has 1 aromatic carbocycles. The van der Waals surface area contributed by atoms with Gasteiger partial charge in [0.15, 0.2) is 0 Å². The summed E-state index contributed by atoms with van der Waals surface area (Å²) in [5.74, 6) is 1.26. The van der Waals surface area contributed by atoms with Crippen LogP contribution < -0.4 is 5.32 Å².